The Labute approximate surface area is 100 Å². The van der Waals surface area contributed by atoms with Crippen LogP contribution in [0.4, 0.5) is 0 Å². The Balaban J connectivity index is 1.67. The Morgan fingerprint density at radius 1 is 1.25 bits per heavy atom. The van der Waals surface area contributed by atoms with E-state index < -0.39 is 0 Å². The molecule has 2 aliphatic rings. The molecule has 0 amide bonds. The lowest BCUT2D eigenvalue weighted by Crippen LogP contribution is -2.38. The average Bonchev–Trinajstić information content (AvgIpc) is 2.83. The van der Waals surface area contributed by atoms with Crippen LogP contribution in [0.15, 0.2) is 0 Å². The predicted molar refractivity (Wildman–Crippen MR) is 67.6 cm³/mol. The van der Waals surface area contributed by atoms with Gasteiger partial charge in [-0.05, 0) is 52.4 Å². The predicted octanol–water partition coefficient (Wildman–Crippen LogP) is 3.11. The Hall–Kier alpha value is -0.0800. The minimum atomic E-state index is 0.114. The summed E-state index contributed by atoms with van der Waals surface area (Å²) < 4.78 is 6.00. The van der Waals surface area contributed by atoms with Crippen molar-refractivity contribution in [2.75, 3.05) is 6.54 Å². The zero-order valence-corrected chi connectivity index (χ0v) is 11.1. The fraction of sp³-hybridized carbons (Fsp3) is 1.00. The maximum absolute atomic E-state index is 6.00. The van der Waals surface area contributed by atoms with Crippen LogP contribution in [0.5, 0.6) is 0 Å². The normalized spacial score (nSPS) is 32.1. The minimum absolute atomic E-state index is 0.114. The van der Waals surface area contributed by atoms with Crippen molar-refractivity contribution in [1.82, 2.24) is 5.32 Å². The largest absolute Gasteiger partial charge is 0.371 e. The zero-order chi connectivity index (χ0) is 11.6. The van der Waals surface area contributed by atoms with Crippen molar-refractivity contribution in [3.8, 4) is 0 Å². The van der Waals surface area contributed by atoms with Crippen LogP contribution in [-0.2, 0) is 4.74 Å². The first-order chi connectivity index (χ1) is 7.57. The van der Waals surface area contributed by atoms with Gasteiger partial charge in [-0.3, -0.25) is 0 Å². The summed E-state index contributed by atoms with van der Waals surface area (Å²) in [5.74, 6) is 0.911. The van der Waals surface area contributed by atoms with E-state index in [2.05, 4.69) is 26.1 Å². The summed E-state index contributed by atoms with van der Waals surface area (Å²) in [5, 5.41) is 3.68. The molecule has 0 bridgehead atoms. The van der Waals surface area contributed by atoms with Gasteiger partial charge < -0.3 is 10.1 Å². The van der Waals surface area contributed by atoms with Gasteiger partial charge in [0.25, 0.3) is 0 Å². The molecule has 1 N–H and O–H groups in total. The maximum atomic E-state index is 6.00. The second kappa shape index (κ2) is 5.05. The molecule has 2 nitrogen and oxygen atoms in total. The van der Waals surface area contributed by atoms with Gasteiger partial charge in [0.05, 0.1) is 11.7 Å². The van der Waals surface area contributed by atoms with Gasteiger partial charge in [-0.2, -0.15) is 0 Å². The smallest absolute Gasteiger partial charge is 0.0707 e. The second-order valence-corrected chi connectivity index (χ2v) is 6.28. The van der Waals surface area contributed by atoms with Crippen molar-refractivity contribution in [3.05, 3.63) is 0 Å². The van der Waals surface area contributed by atoms with Gasteiger partial charge in [-0.1, -0.05) is 12.8 Å². The molecule has 0 aromatic carbocycles. The summed E-state index contributed by atoms with van der Waals surface area (Å²) in [6.07, 6.45) is 8.58. The molecule has 94 valence electrons. The van der Waals surface area contributed by atoms with Gasteiger partial charge in [-0.15, -0.1) is 0 Å². The highest BCUT2D eigenvalue weighted by Gasteiger charge is 2.32. The highest BCUT2D eigenvalue weighted by molar-refractivity contribution is 4.84. The molecule has 2 atom stereocenters. The van der Waals surface area contributed by atoms with Gasteiger partial charge in [0.2, 0.25) is 0 Å². The van der Waals surface area contributed by atoms with Crippen LogP contribution >= 0.6 is 0 Å². The number of nitrogens with one attached hydrogen (secondary N) is 1. The van der Waals surface area contributed by atoms with Crippen molar-refractivity contribution in [2.24, 2.45) is 5.92 Å². The van der Waals surface area contributed by atoms with Crippen molar-refractivity contribution < 1.29 is 4.74 Å². The monoisotopic (exact) mass is 225 g/mol. The quantitative estimate of drug-likeness (QED) is 0.794. The van der Waals surface area contributed by atoms with E-state index in [0.717, 1.165) is 12.5 Å². The van der Waals surface area contributed by atoms with Crippen LogP contribution in [0, 0.1) is 5.92 Å². The van der Waals surface area contributed by atoms with Gasteiger partial charge >= 0.3 is 0 Å². The van der Waals surface area contributed by atoms with E-state index in [1.807, 2.05) is 0 Å². The summed E-state index contributed by atoms with van der Waals surface area (Å²) >= 11 is 0. The standard InChI is InChI=1S/C14H27NO/c1-11(12-6-4-5-7-12)15-10-13-8-9-14(2,3)16-13/h11-13,15H,4-10H2,1-3H3. The van der Waals surface area contributed by atoms with Crippen LogP contribution in [0.25, 0.3) is 0 Å². The van der Waals surface area contributed by atoms with Crippen molar-refractivity contribution in [3.63, 3.8) is 0 Å². The van der Waals surface area contributed by atoms with Crippen molar-refractivity contribution >= 4 is 0 Å². The Morgan fingerprint density at radius 2 is 1.94 bits per heavy atom. The van der Waals surface area contributed by atoms with Crippen LogP contribution < -0.4 is 5.32 Å². The van der Waals surface area contributed by atoms with Gasteiger partial charge in [0.1, 0.15) is 0 Å². The summed E-state index contributed by atoms with van der Waals surface area (Å²) in [4.78, 5) is 0. The molecule has 2 rings (SSSR count). The lowest BCUT2D eigenvalue weighted by Gasteiger charge is -2.24. The molecule has 0 aromatic rings. The highest BCUT2D eigenvalue weighted by atomic mass is 16.5. The minimum Gasteiger partial charge on any atom is -0.371 e. The lowest BCUT2D eigenvalue weighted by molar-refractivity contribution is -0.0155. The van der Waals surface area contributed by atoms with Crippen molar-refractivity contribution in [1.29, 1.82) is 0 Å². The Bertz CT molecular complexity index is 219. The molecule has 1 aliphatic carbocycles. The molecule has 2 heteroatoms. The van der Waals surface area contributed by atoms with Crippen LogP contribution in [0.2, 0.25) is 0 Å². The first-order valence-corrected chi connectivity index (χ1v) is 6.98. The molecule has 1 aliphatic heterocycles. The first kappa shape index (κ1) is 12.4. The Kier molecular flexibility index (Phi) is 3.91. The Morgan fingerprint density at radius 3 is 2.50 bits per heavy atom. The molecule has 1 saturated carbocycles. The van der Waals surface area contributed by atoms with E-state index in [1.54, 1.807) is 0 Å². The van der Waals surface area contributed by atoms with Gasteiger partial charge in [0.15, 0.2) is 0 Å². The molecular weight excluding hydrogens is 198 g/mol. The maximum Gasteiger partial charge on any atom is 0.0707 e. The number of ether oxygens (including phenoxy) is 1. The second-order valence-electron chi connectivity index (χ2n) is 6.28. The molecule has 0 aromatic heterocycles. The molecular formula is C14H27NO. The SMILES string of the molecule is CC(NCC1CCC(C)(C)O1)C1CCCC1. The molecule has 2 fully saturated rings. The molecule has 1 heterocycles. The molecule has 2 unspecified atom stereocenters. The van der Waals surface area contributed by atoms with Crippen LogP contribution in [-0.4, -0.2) is 24.3 Å². The third kappa shape index (κ3) is 3.21. The van der Waals surface area contributed by atoms with E-state index in [4.69, 9.17) is 4.74 Å². The summed E-state index contributed by atoms with van der Waals surface area (Å²) in [6, 6.07) is 0.676. The molecule has 0 radical (unpaired) electrons. The van der Waals surface area contributed by atoms with Crippen LogP contribution in [0.3, 0.4) is 0 Å². The fourth-order valence-corrected chi connectivity index (χ4v) is 3.16. The van der Waals surface area contributed by atoms with Crippen molar-refractivity contribution in [2.45, 2.75) is 77.0 Å². The van der Waals surface area contributed by atoms with E-state index >= 15 is 0 Å². The molecule has 1 saturated heterocycles. The summed E-state index contributed by atoms with van der Waals surface area (Å²) in [7, 11) is 0. The molecule has 0 spiro atoms. The number of hydrogen-bond acceptors (Lipinski definition) is 2. The van der Waals surface area contributed by atoms with E-state index in [0.29, 0.717) is 12.1 Å². The summed E-state index contributed by atoms with van der Waals surface area (Å²) in [6.45, 7) is 7.79. The van der Waals surface area contributed by atoms with Crippen LogP contribution in [0.1, 0.15) is 59.3 Å². The zero-order valence-electron chi connectivity index (χ0n) is 11.1. The molecule has 16 heavy (non-hydrogen) atoms. The van der Waals surface area contributed by atoms with E-state index in [9.17, 15) is 0 Å². The van der Waals surface area contributed by atoms with Gasteiger partial charge in [0, 0.05) is 12.6 Å². The topological polar surface area (TPSA) is 21.3 Å². The van der Waals surface area contributed by atoms with E-state index in [-0.39, 0.29) is 5.60 Å². The lowest BCUT2D eigenvalue weighted by atomic mass is 9.99. The fourth-order valence-electron chi connectivity index (χ4n) is 3.16. The third-order valence-electron chi connectivity index (χ3n) is 4.33. The third-order valence-corrected chi connectivity index (χ3v) is 4.33. The number of rotatable bonds is 4. The van der Waals surface area contributed by atoms with Gasteiger partial charge in [-0.25, -0.2) is 0 Å². The van der Waals surface area contributed by atoms with E-state index in [1.165, 1.54) is 38.5 Å². The highest BCUT2D eigenvalue weighted by Crippen LogP contribution is 2.30. The summed E-state index contributed by atoms with van der Waals surface area (Å²) in [5.41, 5.74) is 0.114. The average molecular weight is 225 g/mol. The number of hydrogen-bond donors (Lipinski definition) is 1. The first-order valence-electron chi connectivity index (χ1n) is 6.98.